The highest BCUT2D eigenvalue weighted by molar-refractivity contribution is 5.34. The average Bonchev–Trinajstić information content (AvgIpc) is 2.72. The molecule has 0 aromatic heterocycles. The van der Waals surface area contributed by atoms with Gasteiger partial charge in [-0.15, -0.1) is 6.42 Å². The van der Waals surface area contributed by atoms with Crippen LogP contribution in [0.2, 0.25) is 0 Å². The summed E-state index contributed by atoms with van der Waals surface area (Å²) in [6.45, 7) is 0. The van der Waals surface area contributed by atoms with Crippen LogP contribution < -0.4 is 4.74 Å². The molecule has 0 saturated heterocycles. The van der Waals surface area contributed by atoms with Crippen LogP contribution in [0.25, 0.3) is 0 Å². The van der Waals surface area contributed by atoms with Gasteiger partial charge in [0.25, 0.3) is 0 Å². The molecule has 29 heavy (non-hydrogen) atoms. The second-order valence-corrected chi connectivity index (χ2v) is 6.79. The van der Waals surface area contributed by atoms with Crippen molar-refractivity contribution in [2.75, 3.05) is 0 Å². The van der Waals surface area contributed by atoms with Crippen LogP contribution in [0.3, 0.4) is 0 Å². The number of hydrogen-bond donors (Lipinski definition) is 0. The first-order chi connectivity index (χ1) is 14.0. The maximum Gasteiger partial charge on any atom is 0.416 e. The first-order valence-corrected chi connectivity index (χ1v) is 9.41. The Balaban J connectivity index is 1.57. The molecule has 0 amide bonds. The van der Waals surface area contributed by atoms with Crippen LogP contribution in [0, 0.1) is 12.3 Å². The first kappa shape index (κ1) is 20.5. The van der Waals surface area contributed by atoms with Crippen molar-refractivity contribution >= 4 is 0 Å². The molecule has 3 aromatic rings. The monoisotopic (exact) mass is 394 g/mol. The fourth-order valence-electron chi connectivity index (χ4n) is 3.15. The number of rotatable bonds is 7. The van der Waals surface area contributed by atoms with Gasteiger partial charge in [0.15, 0.2) is 0 Å². The highest BCUT2D eigenvalue weighted by atomic mass is 19.4. The lowest BCUT2D eigenvalue weighted by Crippen LogP contribution is -2.05. The SMILES string of the molecule is C#CC(CCCc1cccc(Oc2ccccc2)c1)c1ccc(C(F)(F)F)cc1. The minimum absolute atomic E-state index is 0.207. The van der Waals surface area contributed by atoms with Crippen LogP contribution in [0.4, 0.5) is 13.2 Å². The second-order valence-electron chi connectivity index (χ2n) is 6.79. The summed E-state index contributed by atoms with van der Waals surface area (Å²) in [6, 6.07) is 22.6. The lowest BCUT2D eigenvalue weighted by Gasteiger charge is -2.13. The summed E-state index contributed by atoms with van der Waals surface area (Å²) in [5.41, 5.74) is 1.20. The Morgan fingerprint density at radius 3 is 2.21 bits per heavy atom. The molecule has 0 aliphatic carbocycles. The van der Waals surface area contributed by atoms with Crippen LogP contribution in [-0.2, 0) is 12.6 Å². The van der Waals surface area contributed by atoms with Gasteiger partial charge in [-0.05, 0) is 66.8 Å². The van der Waals surface area contributed by atoms with E-state index in [0.29, 0.717) is 6.42 Å². The number of alkyl halides is 3. The molecule has 3 rings (SSSR count). The van der Waals surface area contributed by atoms with Crippen molar-refractivity contribution in [1.29, 1.82) is 0 Å². The fraction of sp³-hybridized carbons (Fsp3) is 0.200. The smallest absolute Gasteiger partial charge is 0.416 e. The number of aryl methyl sites for hydroxylation is 1. The summed E-state index contributed by atoms with van der Waals surface area (Å²) < 4.78 is 44.0. The molecule has 0 aliphatic heterocycles. The van der Waals surface area contributed by atoms with E-state index in [1.165, 1.54) is 12.1 Å². The molecule has 0 N–H and O–H groups in total. The fourth-order valence-corrected chi connectivity index (χ4v) is 3.15. The van der Waals surface area contributed by atoms with E-state index in [9.17, 15) is 13.2 Å². The Hall–Kier alpha value is -3.19. The minimum Gasteiger partial charge on any atom is -0.457 e. The predicted molar refractivity (Wildman–Crippen MR) is 109 cm³/mol. The van der Waals surface area contributed by atoms with Gasteiger partial charge >= 0.3 is 6.18 Å². The van der Waals surface area contributed by atoms with Gasteiger partial charge in [-0.1, -0.05) is 48.4 Å². The summed E-state index contributed by atoms with van der Waals surface area (Å²) in [5, 5.41) is 0. The van der Waals surface area contributed by atoms with E-state index in [2.05, 4.69) is 5.92 Å². The van der Waals surface area contributed by atoms with Gasteiger partial charge in [0.1, 0.15) is 11.5 Å². The highest BCUT2D eigenvalue weighted by Gasteiger charge is 2.30. The maximum atomic E-state index is 12.7. The zero-order valence-electron chi connectivity index (χ0n) is 15.8. The molecule has 148 valence electrons. The molecule has 0 fully saturated rings. The van der Waals surface area contributed by atoms with E-state index in [1.54, 1.807) is 0 Å². The average molecular weight is 394 g/mol. The van der Waals surface area contributed by atoms with Crippen LogP contribution in [0.1, 0.15) is 35.4 Å². The number of ether oxygens (including phenoxy) is 1. The number of hydrogen-bond acceptors (Lipinski definition) is 1. The van der Waals surface area contributed by atoms with Crippen molar-refractivity contribution in [3.63, 3.8) is 0 Å². The van der Waals surface area contributed by atoms with E-state index in [-0.39, 0.29) is 5.92 Å². The first-order valence-electron chi connectivity index (χ1n) is 9.41. The van der Waals surface area contributed by atoms with E-state index >= 15 is 0 Å². The Morgan fingerprint density at radius 1 is 0.862 bits per heavy atom. The zero-order chi connectivity index (χ0) is 20.7. The molecule has 0 heterocycles. The highest BCUT2D eigenvalue weighted by Crippen LogP contribution is 2.31. The Kier molecular flexibility index (Phi) is 6.61. The van der Waals surface area contributed by atoms with Crippen LogP contribution >= 0.6 is 0 Å². The van der Waals surface area contributed by atoms with Crippen molar-refractivity contribution in [2.45, 2.75) is 31.4 Å². The van der Waals surface area contributed by atoms with Gasteiger partial charge < -0.3 is 4.74 Å². The quantitative estimate of drug-likeness (QED) is 0.384. The molecule has 0 saturated carbocycles. The molecule has 0 radical (unpaired) electrons. The Morgan fingerprint density at radius 2 is 1.55 bits per heavy atom. The molecular weight excluding hydrogens is 373 g/mol. The van der Waals surface area contributed by atoms with Crippen LogP contribution in [0.15, 0.2) is 78.9 Å². The molecule has 0 spiro atoms. The predicted octanol–water partition coefficient (Wildman–Crippen LogP) is 7.24. The van der Waals surface area contributed by atoms with Crippen molar-refractivity contribution in [1.82, 2.24) is 0 Å². The molecular formula is C25H21F3O. The molecule has 0 bridgehead atoms. The number of para-hydroxylation sites is 1. The molecule has 0 aliphatic rings. The van der Waals surface area contributed by atoms with Gasteiger partial charge in [0, 0.05) is 5.92 Å². The van der Waals surface area contributed by atoms with Gasteiger partial charge in [-0.3, -0.25) is 0 Å². The van der Waals surface area contributed by atoms with Gasteiger partial charge in [-0.25, -0.2) is 0 Å². The molecule has 3 aromatic carbocycles. The second kappa shape index (κ2) is 9.34. The van der Waals surface area contributed by atoms with Crippen LogP contribution in [0.5, 0.6) is 11.5 Å². The van der Waals surface area contributed by atoms with Gasteiger partial charge in [0.2, 0.25) is 0 Å². The molecule has 1 unspecified atom stereocenters. The third-order valence-electron chi connectivity index (χ3n) is 4.68. The van der Waals surface area contributed by atoms with Crippen molar-refractivity contribution < 1.29 is 17.9 Å². The summed E-state index contributed by atoms with van der Waals surface area (Å²) in [6.07, 6.45) is 3.62. The van der Waals surface area contributed by atoms with E-state index < -0.39 is 11.7 Å². The van der Waals surface area contributed by atoms with Crippen molar-refractivity contribution in [3.05, 3.63) is 95.6 Å². The van der Waals surface area contributed by atoms with Crippen molar-refractivity contribution in [3.8, 4) is 23.8 Å². The normalized spacial score (nSPS) is 12.2. The largest absolute Gasteiger partial charge is 0.457 e. The summed E-state index contributed by atoms with van der Waals surface area (Å²) >= 11 is 0. The lowest BCUT2D eigenvalue weighted by molar-refractivity contribution is -0.137. The number of terminal acetylenes is 1. The standard InChI is InChI=1S/C25H21F3O/c1-2-20(21-14-16-22(17-15-21)25(26,27)28)10-6-8-19-9-7-13-24(18-19)29-23-11-4-3-5-12-23/h1,3-5,7,9,11-18,20H,6,8,10H2. The summed E-state index contributed by atoms with van der Waals surface area (Å²) in [4.78, 5) is 0. The summed E-state index contributed by atoms with van der Waals surface area (Å²) in [5.74, 6) is 4.04. The molecule has 4 heteroatoms. The van der Waals surface area contributed by atoms with Crippen LogP contribution in [-0.4, -0.2) is 0 Å². The molecule has 1 atom stereocenters. The van der Waals surface area contributed by atoms with Gasteiger partial charge in [-0.2, -0.15) is 13.2 Å². The Labute approximate surface area is 169 Å². The maximum absolute atomic E-state index is 12.7. The van der Waals surface area contributed by atoms with E-state index in [1.807, 2.05) is 54.6 Å². The zero-order valence-corrected chi connectivity index (χ0v) is 15.8. The van der Waals surface area contributed by atoms with E-state index in [4.69, 9.17) is 11.2 Å². The topological polar surface area (TPSA) is 9.23 Å². The van der Waals surface area contributed by atoms with E-state index in [0.717, 1.165) is 47.6 Å². The minimum atomic E-state index is -4.34. The number of benzene rings is 3. The molecule has 1 nitrogen and oxygen atoms in total. The summed E-state index contributed by atoms with van der Waals surface area (Å²) in [7, 11) is 0. The third kappa shape index (κ3) is 5.89. The third-order valence-corrected chi connectivity index (χ3v) is 4.68. The lowest BCUT2D eigenvalue weighted by atomic mass is 9.92. The Bertz CT molecular complexity index is 954. The number of halogens is 3. The van der Waals surface area contributed by atoms with Gasteiger partial charge in [0.05, 0.1) is 5.56 Å². The van der Waals surface area contributed by atoms with Crippen molar-refractivity contribution in [2.24, 2.45) is 0 Å².